The van der Waals surface area contributed by atoms with E-state index in [-0.39, 0.29) is 12.3 Å². The molecule has 150 valence electrons. The van der Waals surface area contributed by atoms with E-state index in [2.05, 4.69) is 40.7 Å². The Morgan fingerprint density at radius 2 is 1.82 bits per heavy atom. The van der Waals surface area contributed by atoms with E-state index < -0.39 is 19.8 Å². The molecule has 0 radical (unpaired) electrons. The lowest BCUT2D eigenvalue weighted by Crippen LogP contribution is -2.22. The Balaban J connectivity index is 2.02. The van der Waals surface area contributed by atoms with Crippen molar-refractivity contribution in [2.75, 3.05) is 6.61 Å². The van der Waals surface area contributed by atoms with E-state index in [4.69, 9.17) is 4.74 Å². The van der Waals surface area contributed by atoms with Gasteiger partial charge in [0.25, 0.3) is 0 Å². The number of alkyl halides is 3. The van der Waals surface area contributed by atoms with Gasteiger partial charge in [-0.05, 0) is 30.3 Å². The third-order valence-corrected chi connectivity index (χ3v) is 6.61. The number of aromatic nitrogens is 2. The van der Waals surface area contributed by atoms with Crippen molar-refractivity contribution < 1.29 is 17.9 Å². The van der Waals surface area contributed by atoms with Crippen LogP contribution in [-0.2, 0) is 17.6 Å². The first kappa shape index (κ1) is 21.1. The second-order valence-electron chi connectivity index (χ2n) is 7.90. The molecule has 3 rings (SSSR count). The minimum Gasteiger partial charge on any atom is -0.360 e. The van der Waals surface area contributed by atoms with Gasteiger partial charge < -0.3 is 4.74 Å². The molecule has 3 aromatic rings. The molecule has 0 saturated heterocycles. The third-order valence-electron chi connectivity index (χ3n) is 4.41. The molecule has 0 aliphatic carbocycles. The van der Waals surface area contributed by atoms with E-state index in [1.54, 1.807) is 16.8 Å². The van der Waals surface area contributed by atoms with Crippen molar-refractivity contribution in [3.63, 3.8) is 0 Å². The van der Waals surface area contributed by atoms with E-state index in [0.717, 1.165) is 22.1 Å². The summed E-state index contributed by atoms with van der Waals surface area (Å²) >= 11 is 3.41. The zero-order valence-electron chi connectivity index (χ0n) is 16.0. The largest absolute Gasteiger partial charge is 0.417 e. The van der Waals surface area contributed by atoms with E-state index in [1.165, 1.54) is 12.1 Å². The molecule has 1 heterocycles. The summed E-state index contributed by atoms with van der Waals surface area (Å²) in [5.41, 5.74) is 0.418. The molecule has 0 N–H and O–H groups in total. The molecule has 8 heteroatoms. The van der Waals surface area contributed by atoms with E-state index in [1.807, 2.05) is 12.1 Å². The van der Waals surface area contributed by atoms with Crippen LogP contribution in [0.15, 0.2) is 46.9 Å². The highest BCUT2D eigenvalue weighted by molar-refractivity contribution is 9.10. The summed E-state index contributed by atoms with van der Waals surface area (Å²) in [5.74, 6) is 0. The quantitative estimate of drug-likeness (QED) is 0.292. The Hall–Kier alpha value is -1.64. The zero-order valence-corrected chi connectivity index (χ0v) is 18.6. The average Bonchev–Trinajstić information content (AvgIpc) is 2.95. The van der Waals surface area contributed by atoms with Crippen LogP contribution in [0.3, 0.4) is 0 Å². The van der Waals surface area contributed by atoms with Crippen LogP contribution in [0.2, 0.25) is 25.7 Å². The van der Waals surface area contributed by atoms with Crippen molar-refractivity contribution in [2.24, 2.45) is 0 Å². The van der Waals surface area contributed by atoms with Gasteiger partial charge in [-0.15, -0.1) is 0 Å². The van der Waals surface area contributed by atoms with Crippen LogP contribution in [0, 0.1) is 0 Å². The summed E-state index contributed by atoms with van der Waals surface area (Å²) in [6.07, 6.45) is -4.45. The summed E-state index contributed by atoms with van der Waals surface area (Å²) in [7, 11) is -1.22. The minimum absolute atomic E-state index is 0.0685. The predicted octanol–water partition coefficient (Wildman–Crippen LogP) is 6.80. The number of ether oxygens (including phenoxy) is 1. The maximum atomic E-state index is 13.5. The lowest BCUT2D eigenvalue weighted by atomic mass is 10.0. The molecular formula is C20H22BrF3N2OSi. The van der Waals surface area contributed by atoms with Gasteiger partial charge in [0, 0.05) is 30.1 Å². The van der Waals surface area contributed by atoms with Gasteiger partial charge in [0.2, 0.25) is 0 Å². The van der Waals surface area contributed by atoms with Crippen molar-refractivity contribution in [2.45, 2.75) is 38.6 Å². The fourth-order valence-electron chi connectivity index (χ4n) is 2.91. The number of benzene rings is 2. The molecule has 0 unspecified atom stereocenters. The number of hydrogen-bond acceptors (Lipinski definition) is 2. The molecule has 3 nitrogen and oxygen atoms in total. The van der Waals surface area contributed by atoms with Gasteiger partial charge in [0.1, 0.15) is 12.4 Å². The van der Waals surface area contributed by atoms with Crippen molar-refractivity contribution in [1.82, 2.24) is 9.78 Å². The van der Waals surface area contributed by atoms with Crippen LogP contribution in [0.5, 0.6) is 0 Å². The van der Waals surface area contributed by atoms with E-state index >= 15 is 0 Å². The summed E-state index contributed by atoms with van der Waals surface area (Å²) in [5, 5.41) is 5.14. The highest BCUT2D eigenvalue weighted by atomic mass is 79.9. The van der Waals surface area contributed by atoms with Crippen molar-refractivity contribution in [3.05, 3.63) is 52.5 Å². The Labute approximate surface area is 171 Å². The van der Waals surface area contributed by atoms with Gasteiger partial charge in [-0.25, -0.2) is 4.68 Å². The van der Waals surface area contributed by atoms with Crippen molar-refractivity contribution >= 4 is 34.9 Å². The number of fused-ring (bicyclic) bond motifs is 1. The number of rotatable bonds is 6. The molecule has 0 atom stereocenters. The van der Waals surface area contributed by atoms with Gasteiger partial charge in [0.15, 0.2) is 0 Å². The molecule has 2 aromatic carbocycles. The number of nitrogens with zero attached hydrogens (tertiary/aromatic N) is 2. The molecule has 0 spiro atoms. The minimum atomic E-state index is -4.45. The highest BCUT2D eigenvalue weighted by Gasteiger charge is 2.34. The monoisotopic (exact) mass is 470 g/mol. The predicted molar refractivity (Wildman–Crippen MR) is 112 cm³/mol. The van der Waals surface area contributed by atoms with Crippen LogP contribution in [0.25, 0.3) is 22.2 Å². The normalized spacial score (nSPS) is 12.7. The van der Waals surface area contributed by atoms with E-state index in [9.17, 15) is 13.2 Å². The summed E-state index contributed by atoms with van der Waals surface area (Å²) in [4.78, 5) is 0. The first-order valence-corrected chi connectivity index (χ1v) is 13.5. The van der Waals surface area contributed by atoms with Crippen molar-refractivity contribution in [1.29, 1.82) is 0 Å². The fraction of sp³-hybridized carbons (Fsp3) is 0.350. The van der Waals surface area contributed by atoms with Crippen LogP contribution < -0.4 is 0 Å². The maximum Gasteiger partial charge on any atom is 0.417 e. The van der Waals surface area contributed by atoms with Crippen LogP contribution in [-0.4, -0.2) is 24.5 Å². The fourth-order valence-corrected chi connectivity index (χ4v) is 4.03. The molecule has 0 bridgehead atoms. The Morgan fingerprint density at radius 1 is 1.11 bits per heavy atom. The number of halogens is 4. The highest BCUT2D eigenvalue weighted by Crippen LogP contribution is 2.39. The lowest BCUT2D eigenvalue weighted by molar-refractivity contribution is -0.137. The van der Waals surface area contributed by atoms with Crippen molar-refractivity contribution in [3.8, 4) is 11.3 Å². The van der Waals surface area contributed by atoms with Gasteiger partial charge >= 0.3 is 6.18 Å². The second kappa shape index (κ2) is 8.00. The Morgan fingerprint density at radius 3 is 2.50 bits per heavy atom. The summed E-state index contributed by atoms with van der Waals surface area (Å²) in [6, 6.07) is 12.0. The van der Waals surface area contributed by atoms with Crippen LogP contribution in [0.1, 0.15) is 5.56 Å². The van der Waals surface area contributed by atoms with Gasteiger partial charge in [-0.3, -0.25) is 0 Å². The molecule has 28 heavy (non-hydrogen) atoms. The first-order valence-electron chi connectivity index (χ1n) is 8.97. The molecule has 0 aliphatic heterocycles. The third kappa shape index (κ3) is 4.85. The summed E-state index contributed by atoms with van der Waals surface area (Å²) < 4.78 is 48.7. The Bertz CT molecular complexity index is 980. The molecule has 1 aromatic heterocycles. The van der Waals surface area contributed by atoms with Crippen LogP contribution in [0.4, 0.5) is 13.2 Å². The average molecular weight is 471 g/mol. The standard InChI is InChI=1S/C20H22BrF3N2OSi/c1-28(2,3)11-10-27-13-26-18-9-8-14(21)12-16(18)19(25-26)15-6-4-5-7-17(15)20(22,23)24/h4-9,12H,10-11,13H2,1-3H3. The summed E-state index contributed by atoms with van der Waals surface area (Å²) in [6.45, 7) is 7.62. The van der Waals surface area contributed by atoms with Gasteiger partial charge in [0.05, 0.1) is 11.1 Å². The van der Waals surface area contributed by atoms with E-state index in [0.29, 0.717) is 17.7 Å². The molecule has 0 fully saturated rings. The first-order chi connectivity index (χ1) is 13.1. The van der Waals surface area contributed by atoms with Crippen LogP contribution >= 0.6 is 15.9 Å². The maximum absolute atomic E-state index is 13.5. The van der Waals surface area contributed by atoms with Gasteiger partial charge in [-0.1, -0.05) is 53.8 Å². The topological polar surface area (TPSA) is 27.1 Å². The van der Waals surface area contributed by atoms with Gasteiger partial charge in [-0.2, -0.15) is 18.3 Å². The smallest absolute Gasteiger partial charge is 0.360 e. The Kier molecular flexibility index (Phi) is 6.02. The molecule has 0 saturated carbocycles. The SMILES string of the molecule is C[Si](C)(C)CCOCn1nc(-c2ccccc2C(F)(F)F)c2cc(Br)ccc21. The number of hydrogen-bond donors (Lipinski definition) is 0. The molecule has 0 amide bonds. The molecular weight excluding hydrogens is 449 g/mol. The second-order valence-corrected chi connectivity index (χ2v) is 14.4. The zero-order chi connectivity index (χ0) is 20.5. The lowest BCUT2D eigenvalue weighted by Gasteiger charge is -2.15. The molecule has 0 aliphatic rings.